The van der Waals surface area contributed by atoms with Gasteiger partial charge in [-0.1, -0.05) is 26.0 Å². The molecule has 2 aromatic carbocycles. The van der Waals surface area contributed by atoms with Crippen molar-refractivity contribution in [2.24, 2.45) is 5.92 Å². The number of aromatic carboxylic acids is 1. The summed E-state index contributed by atoms with van der Waals surface area (Å²) in [5, 5.41) is 24.8. The number of anilines is 1. The quantitative estimate of drug-likeness (QED) is 0.492. The fourth-order valence-corrected chi connectivity index (χ4v) is 3.17. The van der Waals surface area contributed by atoms with Gasteiger partial charge in [0.1, 0.15) is 0 Å². The molecule has 32 heavy (non-hydrogen) atoms. The minimum atomic E-state index is -1.12. The zero-order chi connectivity index (χ0) is 23.1. The van der Waals surface area contributed by atoms with Crippen molar-refractivity contribution in [3.05, 3.63) is 83.2 Å². The van der Waals surface area contributed by atoms with E-state index in [4.69, 9.17) is 5.26 Å². The van der Waals surface area contributed by atoms with Crippen molar-refractivity contribution in [1.29, 1.82) is 5.26 Å². The number of carbonyl (C=O) groups excluding carboxylic acids is 1. The van der Waals surface area contributed by atoms with E-state index >= 15 is 0 Å². The maximum atomic E-state index is 12.4. The maximum Gasteiger partial charge on any atom is 0.336 e. The van der Waals surface area contributed by atoms with Gasteiger partial charge in [0.05, 0.1) is 29.4 Å². The molecule has 3 rings (SSSR count). The maximum absolute atomic E-state index is 12.4. The Balaban J connectivity index is 1.89. The molecule has 0 aliphatic heterocycles. The van der Waals surface area contributed by atoms with Crippen molar-refractivity contribution in [2.45, 2.75) is 20.4 Å². The van der Waals surface area contributed by atoms with Gasteiger partial charge in [0.25, 0.3) is 5.91 Å². The fraction of sp³-hybridized carbons (Fsp3) is 0.200. The average Bonchev–Trinajstić information content (AvgIpc) is 2.81. The first-order valence-corrected chi connectivity index (χ1v) is 10.2. The number of nitriles is 1. The Morgan fingerprint density at radius 1 is 1.09 bits per heavy atom. The number of carboxylic acid groups (broad SMARTS) is 1. The lowest BCUT2D eigenvalue weighted by Gasteiger charge is -2.14. The Hall–Kier alpha value is -4.18. The zero-order valence-corrected chi connectivity index (χ0v) is 17.9. The molecule has 7 heteroatoms. The largest absolute Gasteiger partial charge is 0.478 e. The predicted octanol–water partition coefficient (Wildman–Crippen LogP) is 4.32. The van der Waals surface area contributed by atoms with Crippen LogP contribution in [0, 0.1) is 17.2 Å². The number of hydrogen-bond acceptors (Lipinski definition) is 5. The second-order valence-corrected chi connectivity index (χ2v) is 7.71. The van der Waals surface area contributed by atoms with Gasteiger partial charge >= 0.3 is 5.97 Å². The van der Waals surface area contributed by atoms with Crippen LogP contribution in [-0.2, 0) is 6.54 Å². The van der Waals surface area contributed by atoms with Crippen molar-refractivity contribution in [3.8, 4) is 17.2 Å². The van der Waals surface area contributed by atoms with E-state index in [0.29, 0.717) is 47.0 Å². The van der Waals surface area contributed by atoms with E-state index < -0.39 is 5.97 Å². The van der Waals surface area contributed by atoms with Gasteiger partial charge in [0.15, 0.2) is 0 Å². The highest BCUT2D eigenvalue weighted by atomic mass is 16.4. The minimum Gasteiger partial charge on any atom is -0.478 e. The van der Waals surface area contributed by atoms with Crippen molar-refractivity contribution in [3.63, 3.8) is 0 Å². The second kappa shape index (κ2) is 10.2. The van der Waals surface area contributed by atoms with E-state index in [1.165, 1.54) is 6.07 Å². The molecule has 0 fully saturated rings. The zero-order valence-electron chi connectivity index (χ0n) is 17.9. The van der Waals surface area contributed by atoms with E-state index in [1.54, 1.807) is 48.7 Å². The van der Waals surface area contributed by atoms with E-state index in [0.717, 1.165) is 5.69 Å². The van der Waals surface area contributed by atoms with E-state index in [1.807, 2.05) is 19.9 Å². The first-order valence-electron chi connectivity index (χ1n) is 10.2. The lowest BCUT2D eigenvalue weighted by Crippen LogP contribution is -2.27. The highest BCUT2D eigenvalue weighted by molar-refractivity contribution is 6.01. The molecule has 0 saturated heterocycles. The summed E-state index contributed by atoms with van der Waals surface area (Å²) in [7, 11) is 0. The highest BCUT2D eigenvalue weighted by Crippen LogP contribution is 2.28. The van der Waals surface area contributed by atoms with Crippen LogP contribution in [0.3, 0.4) is 0 Å². The lowest BCUT2D eigenvalue weighted by molar-refractivity contribution is 0.0697. The summed E-state index contributed by atoms with van der Waals surface area (Å²) in [5.74, 6) is -1.13. The van der Waals surface area contributed by atoms with Crippen molar-refractivity contribution in [2.75, 3.05) is 11.9 Å². The SMILES string of the molecule is CC(C)CNC(=O)c1ccc(-c2cccnc2CNc2ccc(C#N)cc2)c(C(=O)O)c1. The molecule has 0 bridgehead atoms. The monoisotopic (exact) mass is 428 g/mol. The fourth-order valence-electron chi connectivity index (χ4n) is 3.17. The van der Waals surface area contributed by atoms with Gasteiger partial charge in [-0.2, -0.15) is 5.26 Å². The predicted molar refractivity (Wildman–Crippen MR) is 122 cm³/mol. The van der Waals surface area contributed by atoms with Gasteiger partial charge in [-0.3, -0.25) is 9.78 Å². The number of aromatic nitrogens is 1. The Labute approximate surface area is 186 Å². The Morgan fingerprint density at radius 3 is 2.50 bits per heavy atom. The minimum absolute atomic E-state index is 0.0369. The summed E-state index contributed by atoms with van der Waals surface area (Å²) in [4.78, 5) is 28.8. The number of rotatable bonds is 8. The molecule has 1 amide bonds. The molecule has 1 aromatic heterocycles. The normalized spacial score (nSPS) is 10.4. The molecule has 162 valence electrons. The molecule has 0 spiro atoms. The topological polar surface area (TPSA) is 115 Å². The third kappa shape index (κ3) is 5.49. The third-order valence-electron chi connectivity index (χ3n) is 4.84. The first kappa shape index (κ1) is 22.5. The van der Waals surface area contributed by atoms with E-state index in [9.17, 15) is 14.7 Å². The van der Waals surface area contributed by atoms with E-state index in [2.05, 4.69) is 21.7 Å². The Kier molecular flexibility index (Phi) is 7.19. The number of carbonyl (C=O) groups is 2. The number of carboxylic acids is 1. The van der Waals surface area contributed by atoms with Crippen LogP contribution in [0.1, 0.15) is 45.8 Å². The van der Waals surface area contributed by atoms with Crippen LogP contribution in [0.2, 0.25) is 0 Å². The van der Waals surface area contributed by atoms with Crippen LogP contribution in [0.5, 0.6) is 0 Å². The van der Waals surface area contributed by atoms with Crippen LogP contribution in [0.15, 0.2) is 60.8 Å². The molecule has 3 aromatic rings. The molecule has 0 radical (unpaired) electrons. The lowest BCUT2D eigenvalue weighted by atomic mass is 9.96. The van der Waals surface area contributed by atoms with Crippen molar-refractivity contribution in [1.82, 2.24) is 10.3 Å². The van der Waals surface area contributed by atoms with Gasteiger partial charge in [0.2, 0.25) is 0 Å². The van der Waals surface area contributed by atoms with Crippen LogP contribution in [-0.4, -0.2) is 28.5 Å². The number of amides is 1. The summed E-state index contributed by atoms with van der Waals surface area (Å²) in [6.45, 7) is 4.85. The Bertz CT molecular complexity index is 1160. The molecule has 0 atom stereocenters. The van der Waals surface area contributed by atoms with Crippen molar-refractivity contribution >= 4 is 17.6 Å². The summed E-state index contributed by atoms with van der Waals surface area (Å²) in [5.41, 5.74) is 3.54. The number of benzene rings is 2. The Morgan fingerprint density at radius 2 is 1.84 bits per heavy atom. The third-order valence-corrected chi connectivity index (χ3v) is 4.84. The molecule has 3 N–H and O–H groups in total. The van der Waals surface area contributed by atoms with Crippen LogP contribution >= 0.6 is 0 Å². The van der Waals surface area contributed by atoms with E-state index in [-0.39, 0.29) is 11.5 Å². The van der Waals surface area contributed by atoms with Gasteiger partial charge in [-0.15, -0.1) is 0 Å². The summed E-state index contributed by atoms with van der Waals surface area (Å²) >= 11 is 0. The number of nitrogens with zero attached hydrogens (tertiary/aromatic N) is 2. The molecular weight excluding hydrogens is 404 g/mol. The highest BCUT2D eigenvalue weighted by Gasteiger charge is 2.18. The first-order chi connectivity index (χ1) is 15.4. The molecule has 0 aliphatic carbocycles. The summed E-state index contributed by atoms with van der Waals surface area (Å²) in [6, 6.07) is 17.3. The van der Waals surface area contributed by atoms with Gasteiger partial charge in [-0.25, -0.2) is 4.79 Å². The van der Waals surface area contributed by atoms with Gasteiger partial charge in [-0.05, 0) is 53.9 Å². The molecule has 0 saturated carbocycles. The van der Waals surface area contributed by atoms with Crippen molar-refractivity contribution < 1.29 is 14.7 Å². The smallest absolute Gasteiger partial charge is 0.336 e. The number of hydrogen-bond donors (Lipinski definition) is 3. The summed E-state index contributed by atoms with van der Waals surface area (Å²) < 4.78 is 0. The standard InChI is InChI=1S/C25H24N4O3/c1-16(2)14-29-24(30)18-7-10-20(22(12-18)25(31)32)21-4-3-11-27-23(21)15-28-19-8-5-17(13-26)6-9-19/h3-12,16,28H,14-15H2,1-2H3,(H,29,30)(H,31,32). The molecule has 7 nitrogen and oxygen atoms in total. The summed E-state index contributed by atoms with van der Waals surface area (Å²) in [6.07, 6.45) is 1.65. The average molecular weight is 428 g/mol. The van der Waals surface area contributed by atoms with Gasteiger partial charge in [0, 0.05) is 29.6 Å². The van der Waals surface area contributed by atoms with Crippen LogP contribution < -0.4 is 10.6 Å². The molecular formula is C25H24N4O3. The second-order valence-electron chi connectivity index (χ2n) is 7.71. The van der Waals surface area contributed by atoms with Crippen LogP contribution in [0.4, 0.5) is 5.69 Å². The molecule has 0 aliphatic rings. The van der Waals surface area contributed by atoms with Crippen LogP contribution in [0.25, 0.3) is 11.1 Å². The number of nitrogens with one attached hydrogen (secondary N) is 2. The van der Waals surface area contributed by atoms with Gasteiger partial charge < -0.3 is 15.7 Å². The molecule has 0 unspecified atom stereocenters. The number of pyridine rings is 1. The molecule has 1 heterocycles.